The number of halogens is 1. The first kappa shape index (κ1) is 18.0. The minimum absolute atomic E-state index is 0.239. The van der Waals surface area contributed by atoms with Crippen LogP contribution in [0.2, 0.25) is 0 Å². The summed E-state index contributed by atoms with van der Waals surface area (Å²) >= 11 is 0. The number of aromatic amines is 1. The molecule has 27 heavy (non-hydrogen) atoms. The highest BCUT2D eigenvalue weighted by molar-refractivity contribution is 7.89. The lowest BCUT2D eigenvalue weighted by molar-refractivity contribution is 0.317. The lowest BCUT2D eigenvalue weighted by Crippen LogP contribution is -2.37. The number of aromatic nitrogens is 1. The average molecular weight is 388 g/mol. The first-order chi connectivity index (χ1) is 13.0. The van der Waals surface area contributed by atoms with Crippen molar-refractivity contribution in [3.05, 3.63) is 60.0 Å². The number of nitrogens with zero attached hydrogens (tertiary/aromatic N) is 1. The molecule has 0 aliphatic carbocycles. The van der Waals surface area contributed by atoms with Crippen molar-refractivity contribution in [2.24, 2.45) is 0 Å². The van der Waals surface area contributed by atoms with Gasteiger partial charge in [-0.05, 0) is 61.4 Å². The van der Waals surface area contributed by atoms with Crippen LogP contribution in [0.4, 0.5) is 4.39 Å². The SMILES string of the molecule is COc1ccc(S(=O)(=O)N2CCC(c3cc4cc(F)ccc4[nH]3)CC2)cc1. The number of hydrogen-bond donors (Lipinski definition) is 1. The van der Waals surface area contributed by atoms with E-state index >= 15 is 0 Å². The summed E-state index contributed by atoms with van der Waals surface area (Å²) in [5.41, 5.74) is 1.94. The second-order valence-electron chi connectivity index (χ2n) is 6.81. The van der Waals surface area contributed by atoms with Gasteiger partial charge in [-0.1, -0.05) is 0 Å². The molecular formula is C20H21FN2O3S. The molecule has 0 spiro atoms. The van der Waals surface area contributed by atoms with Crippen LogP contribution in [0.5, 0.6) is 5.75 Å². The van der Waals surface area contributed by atoms with Crippen molar-refractivity contribution in [1.29, 1.82) is 0 Å². The van der Waals surface area contributed by atoms with Gasteiger partial charge in [-0.2, -0.15) is 4.31 Å². The summed E-state index contributed by atoms with van der Waals surface area (Å²) in [5.74, 6) is 0.610. The molecule has 142 valence electrons. The summed E-state index contributed by atoms with van der Waals surface area (Å²) < 4.78 is 45.7. The minimum Gasteiger partial charge on any atom is -0.497 e. The van der Waals surface area contributed by atoms with Gasteiger partial charge >= 0.3 is 0 Å². The van der Waals surface area contributed by atoms with Crippen LogP contribution < -0.4 is 4.74 Å². The molecule has 7 heteroatoms. The number of rotatable bonds is 4. The van der Waals surface area contributed by atoms with Crippen LogP contribution in [0.15, 0.2) is 53.4 Å². The highest BCUT2D eigenvalue weighted by Gasteiger charge is 2.30. The Morgan fingerprint density at radius 1 is 1.07 bits per heavy atom. The van der Waals surface area contributed by atoms with E-state index in [1.165, 1.54) is 16.4 Å². The van der Waals surface area contributed by atoms with Gasteiger partial charge < -0.3 is 9.72 Å². The van der Waals surface area contributed by atoms with Gasteiger partial charge in [-0.15, -0.1) is 0 Å². The molecule has 3 aromatic rings. The Morgan fingerprint density at radius 2 is 1.78 bits per heavy atom. The van der Waals surface area contributed by atoms with Crippen LogP contribution in [0.1, 0.15) is 24.5 Å². The normalized spacial score (nSPS) is 16.7. The third-order valence-electron chi connectivity index (χ3n) is 5.19. The second kappa shape index (κ2) is 6.98. The summed E-state index contributed by atoms with van der Waals surface area (Å²) in [6.45, 7) is 0.922. The number of benzene rings is 2. The number of nitrogens with one attached hydrogen (secondary N) is 1. The van der Waals surface area contributed by atoms with Crippen molar-refractivity contribution < 1.29 is 17.5 Å². The van der Waals surface area contributed by atoms with E-state index in [1.807, 2.05) is 6.07 Å². The van der Waals surface area contributed by atoms with Crippen molar-refractivity contribution in [2.45, 2.75) is 23.7 Å². The molecule has 1 aliphatic rings. The number of fused-ring (bicyclic) bond motifs is 1. The molecule has 0 unspecified atom stereocenters. The first-order valence-corrected chi connectivity index (χ1v) is 10.3. The molecule has 1 aromatic heterocycles. The summed E-state index contributed by atoms with van der Waals surface area (Å²) in [6.07, 6.45) is 1.45. The molecule has 1 N–H and O–H groups in total. The zero-order valence-electron chi connectivity index (χ0n) is 15.0. The number of sulfonamides is 1. The molecular weight excluding hydrogens is 367 g/mol. The van der Waals surface area contributed by atoms with E-state index in [0.29, 0.717) is 18.8 Å². The molecule has 1 saturated heterocycles. The maximum Gasteiger partial charge on any atom is 0.243 e. The Kier molecular flexibility index (Phi) is 4.65. The Balaban J connectivity index is 1.48. The van der Waals surface area contributed by atoms with Crippen LogP contribution in [0, 0.1) is 5.82 Å². The number of H-pyrrole nitrogens is 1. The minimum atomic E-state index is -3.50. The largest absolute Gasteiger partial charge is 0.497 e. The fourth-order valence-electron chi connectivity index (χ4n) is 3.65. The Labute approximate surface area is 157 Å². The van der Waals surface area contributed by atoms with Crippen LogP contribution in [-0.2, 0) is 10.0 Å². The van der Waals surface area contributed by atoms with Gasteiger partial charge in [0.25, 0.3) is 0 Å². The Hall–Kier alpha value is -2.38. The van der Waals surface area contributed by atoms with E-state index in [9.17, 15) is 12.8 Å². The summed E-state index contributed by atoms with van der Waals surface area (Å²) in [4.78, 5) is 3.62. The number of ether oxygens (including phenoxy) is 1. The fourth-order valence-corrected chi connectivity index (χ4v) is 5.12. The van der Waals surface area contributed by atoms with Crippen molar-refractivity contribution >= 4 is 20.9 Å². The molecule has 2 aromatic carbocycles. The quantitative estimate of drug-likeness (QED) is 0.738. The van der Waals surface area contributed by atoms with Gasteiger partial charge in [0.15, 0.2) is 0 Å². The molecule has 1 aliphatic heterocycles. The molecule has 0 saturated carbocycles. The van der Waals surface area contributed by atoms with Gasteiger partial charge in [0.1, 0.15) is 11.6 Å². The molecule has 2 heterocycles. The maximum atomic E-state index is 13.4. The standard InChI is InChI=1S/C20H21FN2O3S/c1-26-17-3-5-18(6-4-17)27(24,25)23-10-8-14(9-11-23)20-13-15-12-16(21)2-7-19(15)22-20/h2-7,12-14,22H,8-11H2,1H3. The fraction of sp³-hybridized carbons (Fsp3) is 0.300. The molecule has 0 atom stereocenters. The van der Waals surface area contributed by atoms with Crippen molar-refractivity contribution in [1.82, 2.24) is 9.29 Å². The topological polar surface area (TPSA) is 62.4 Å². The molecule has 0 amide bonds. The van der Waals surface area contributed by atoms with Gasteiger partial charge in [0.05, 0.1) is 12.0 Å². The van der Waals surface area contributed by atoms with Crippen LogP contribution in [0.25, 0.3) is 10.9 Å². The molecule has 5 nitrogen and oxygen atoms in total. The van der Waals surface area contributed by atoms with E-state index in [1.54, 1.807) is 37.4 Å². The Bertz CT molecular complexity index is 1050. The predicted octanol–water partition coefficient (Wildman–Crippen LogP) is 3.88. The third kappa shape index (κ3) is 3.44. The van der Waals surface area contributed by atoms with Crippen LogP contribution in [-0.4, -0.2) is 37.9 Å². The maximum absolute atomic E-state index is 13.4. The van der Waals surface area contributed by atoms with Gasteiger partial charge in [0.2, 0.25) is 10.0 Å². The number of methoxy groups -OCH3 is 1. The summed E-state index contributed by atoms with van der Waals surface area (Å²) in [5, 5.41) is 0.846. The first-order valence-electron chi connectivity index (χ1n) is 8.90. The molecule has 0 radical (unpaired) electrons. The third-order valence-corrected chi connectivity index (χ3v) is 7.11. The van der Waals surface area contributed by atoms with Crippen molar-refractivity contribution in [3.8, 4) is 5.75 Å². The zero-order valence-corrected chi connectivity index (χ0v) is 15.8. The molecule has 1 fully saturated rings. The second-order valence-corrected chi connectivity index (χ2v) is 8.75. The van der Waals surface area contributed by atoms with Gasteiger partial charge in [0, 0.05) is 35.6 Å². The van der Waals surface area contributed by atoms with Crippen LogP contribution >= 0.6 is 0 Å². The van der Waals surface area contributed by atoms with E-state index in [4.69, 9.17) is 4.74 Å². The lowest BCUT2D eigenvalue weighted by atomic mass is 9.95. The van der Waals surface area contributed by atoms with Gasteiger partial charge in [-0.25, -0.2) is 12.8 Å². The van der Waals surface area contributed by atoms with E-state index < -0.39 is 10.0 Å². The Morgan fingerprint density at radius 3 is 2.44 bits per heavy atom. The zero-order chi connectivity index (χ0) is 19.0. The van der Waals surface area contributed by atoms with E-state index in [0.717, 1.165) is 29.4 Å². The van der Waals surface area contributed by atoms with Crippen molar-refractivity contribution in [2.75, 3.05) is 20.2 Å². The lowest BCUT2D eigenvalue weighted by Gasteiger charge is -2.30. The number of piperidine rings is 1. The van der Waals surface area contributed by atoms with Crippen LogP contribution in [0.3, 0.4) is 0 Å². The summed E-state index contributed by atoms with van der Waals surface area (Å²) in [6, 6.07) is 13.1. The highest BCUT2D eigenvalue weighted by Crippen LogP contribution is 2.32. The van der Waals surface area contributed by atoms with Crippen molar-refractivity contribution in [3.63, 3.8) is 0 Å². The van der Waals surface area contributed by atoms with E-state index in [-0.39, 0.29) is 16.6 Å². The summed E-state index contributed by atoms with van der Waals surface area (Å²) in [7, 11) is -1.96. The highest BCUT2D eigenvalue weighted by atomic mass is 32.2. The monoisotopic (exact) mass is 388 g/mol. The average Bonchev–Trinajstić information content (AvgIpc) is 3.11. The van der Waals surface area contributed by atoms with E-state index in [2.05, 4.69) is 4.98 Å². The number of hydrogen-bond acceptors (Lipinski definition) is 3. The van der Waals surface area contributed by atoms with Gasteiger partial charge in [-0.3, -0.25) is 0 Å². The smallest absolute Gasteiger partial charge is 0.243 e. The molecule has 0 bridgehead atoms. The predicted molar refractivity (Wildman–Crippen MR) is 102 cm³/mol. The molecule has 4 rings (SSSR count).